The van der Waals surface area contributed by atoms with E-state index in [0.29, 0.717) is 0 Å². The molecule has 1 aromatic heterocycles. The molecular formula is C16H27N5O2. The minimum atomic E-state index is -0.0722. The van der Waals surface area contributed by atoms with Gasteiger partial charge in [-0.15, -0.1) is 0 Å². The Labute approximate surface area is 137 Å². The van der Waals surface area contributed by atoms with E-state index in [0.717, 1.165) is 44.5 Å². The van der Waals surface area contributed by atoms with Crippen molar-refractivity contribution in [2.45, 2.75) is 50.3 Å². The van der Waals surface area contributed by atoms with Gasteiger partial charge in [0.1, 0.15) is 0 Å². The maximum Gasteiger partial charge on any atom is 0.315 e. The number of urea groups is 1. The molecule has 0 aromatic carbocycles. The molecule has 128 valence electrons. The van der Waals surface area contributed by atoms with Crippen LogP contribution in [0.5, 0.6) is 0 Å². The van der Waals surface area contributed by atoms with Crippen LogP contribution < -0.4 is 15.5 Å². The van der Waals surface area contributed by atoms with Gasteiger partial charge in [0.05, 0.1) is 24.0 Å². The SMILES string of the molecule is CO[C@@H]1CCCC[C@H]1NC(=O)N[C@H]1CCN(c2cnn(C)c2)C1. The van der Waals surface area contributed by atoms with Gasteiger partial charge in [-0.25, -0.2) is 4.79 Å². The molecule has 1 aliphatic carbocycles. The van der Waals surface area contributed by atoms with Gasteiger partial charge in [-0.05, 0) is 19.3 Å². The van der Waals surface area contributed by atoms with E-state index in [2.05, 4.69) is 20.6 Å². The van der Waals surface area contributed by atoms with Crippen LogP contribution in [-0.4, -0.2) is 54.2 Å². The Morgan fingerprint density at radius 2 is 2.13 bits per heavy atom. The molecule has 3 rings (SSSR count). The normalized spacial score (nSPS) is 27.9. The molecule has 3 atom stereocenters. The van der Waals surface area contributed by atoms with E-state index in [-0.39, 0.29) is 24.2 Å². The summed E-state index contributed by atoms with van der Waals surface area (Å²) in [4.78, 5) is 14.5. The van der Waals surface area contributed by atoms with Gasteiger partial charge < -0.3 is 20.3 Å². The van der Waals surface area contributed by atoms with Crippen LogP contribution in [0.4, 0.5) is 10.5 Å². The van der Waals surface area contributed by atoms with E-state index < -0.39 is 0 Å². The zero-order chi connectivity index (χ0) is 16.2. The zero-order valence-electron chi connectivity index (χ0n) is 14.0. The van der Waals surface area contributed by atoms with Crippen molar-refractivity contribution in [1.29, 1.82) is 0 Å². The number of aryl methyl sites for hydroxylation is 1. The number of nitrogens with one attached hydrogen (secondary N) is 2. The molecule has 7 heteroatoms. The first-order valence-electron chi connectivity index (χ1n) is 8.49. The lowest BCUT2D eigenvalue weighted by Gasteiger charge is -2.31. The molecule has 1 aromatic rings. The Bertz CT molecular complexity index is 532. The largest absolute Gasteiger partial charge is 0.379 e. The summed E-state index contributed by atoms with van der Waals surface area (Å²) in [7, 11) is 3.64. The number of hydrogen-bond donors (Lipinski definition) is 2. The third-order valence-electron chi connectivity index (χ3n) is 4.90. The second-order valence-corrected chi connectivity index (χ2v) is 6.59. The van der Waals surface area contributed by atoms with E-state index in [1.165, 1.54) is 6.42 Å². The lowest BCUT2D eigenvalue weighted by molar-refractivity contribution is 0.0451. The van der Waals surface area contributed by atoms with E-state index in [1.807, 2.05) is 19.4 Å². The van der Waals surface area contributed by atoms with Crippen molar-refractivity contribution in [3.8, 4) is 0 Å². The summed E-state index contributed by atoms with van der Waals surface area (Å²) in [6, 6.07) is 0.237. The molecular weight excluding hydrogens is 294 g/mol. The second kappa shape index (κ2) is 7.21. The monoisotopic (exact) mass is 321 g/mol. The Kier molecular flexibility index (Phi) is 5.05. The number of carbonyl (C=O) groups is 1. The molecule has 2 heterocycles. The summed E-state index contributed by atoms with van der Waals surface area (Å²) in [5, 5.41) is 10.4. The molecule has 0 radical (unpaired) electrons. The number of aromatic nitrogens is 2. The third kappa shape index (κ3) is 3.96. The first-order valence-corrected chi connectivity index (χ1v) is 8.49. The summed E-state index contributed by atoms with van der Waals surface area (Å²) >= 11 is 0. The fourth-order valence-corrected chi connectivity index (χ4v) is 3.62. The zero-order valence-corrected chi connectivity index (χ0v) is 14.0. The van der Waals surface area contributed by atoms with Gasteiger partial charge in [0.15, 0.2) is 0 Å². The summed E-state index contributed by atoms with van der Waals surface area (Å²) in [6.45, 7) is 1.78. The molecule has 2 N–H and O–H groups in total. The number of amides is 2. The quantitative estimate of drug-likeness (QED) is 0.876. The average Bonchev–Trinajstić information content (AvgIpc) is 3.16. The van der Waals surface area contributed by atoms with E-state index in [1.54, 1.807) is 11.8 Å². The molecule has 23 heavy (non-hydrogen) atoms. The standard InChI is InChI=1S/C16H27N5O2/c1-20-11-13(9-17-20)21-8-7-12(10-21)18-16(22)19-14-5-3-4-6-15(14)23-2/h9,11-12,14-15H,3-8,10H2,1-2H3,(H2,18,19,22)/t12-,14+,15+/m0/s1. The van der Waals surface area contributed by atoms with Crippen molar-refractivity contribution in [3.63, 3.8) is 0 Å². The van der Waals surface area contributed by atoms with Gasteiger partial charge in [0.2, 0.25) is 0 Å². The number of rotatable bonds is 4. The predicted molar refractivity (Wildman–Crippen MR) is 88.5 cm³/mol. The third-order valence-corrected chi connectivity index (χ3v) is 4.90. The fraction of sp³-hybridized carbons (Fsp3) is 0.750. The van der Waals surface area contributed by atoms with Crippen molar-refractivity contribution < 1.29 is 9.53 Å². The molecule has 1 aliphatic heterocycles. The lowest BCUT2D eigenvalue weighted by atomic mass is 9.92. The summed E-state index contributed by atoms with van der Waals surface area (Å²) in [6.07, 6.45) is 9.34. The van der Waals surface area contributed by atoms with Crippen molar-refractivity contribution in [2.24, 2.45) is 7.05 Å². The van der Waals surface area contributed by atoms with Crippen LogP contribution in [-0.2, 0) is 11.8 Å². The smallest absolute Gasteiger partial charge is 0.315 e. The van der Waals surface area contributed by atoms with E-state index in [9.17, 15) is 4.79 Å². The molecule has 1 saturated heterocycles. The van der Waals surface area contributed by atoms with Crippen molar-refractivity contribution >= 4 is 11.7 Å². The molecule has 2 aliphatic rings. The van der Waals surface area contributed by atoms with Crippen molar-refractivity contribution in [2.75, 3.05) is 25.1 Å². The highest BCUT2D eigenvalue weighted by Gasteiger charge is 2.29. The Balaban J connectivity index is 1.47. The molecule has 2 fully saturated rings. The highest BCUT2D eigenvalue weighted by molar-refractivity contribution is 5.75. The van der Waals surface area contributed by atoms with Crippen LogP contribution in [0, 0.1) is 0 Å². The number of anilines is 1. The molecule has 2 amide bonds. The molecule has 0 bridgehead atoms. The number of carbonyl (C=O) groups excluding carboxylic acids is 1. The first-order chi connectivity index (χ1) is 11.2. The maximum absolute atomic E-state index is 12.3. The molecule has 7 nitrogen and oxygen atoms in total. The fourth-order valence-electron chi connectivity index (χ4n) is 3.62. The van der Waals surface area contributed by atoms with Crippen LogP contribution in [0.3, 0.4) is 0 Å². The predicted octanol–water partition coefficient (Wildman–Crippen LogP) is 1.26. The number of nitrogens with zero attached hydrogens (tertiary/aromatic N) is 3. The van der Waals surface area contributed by atoms with Crippen molar-refractivity contribution in [3.05, 3.63) is 12.4 Å². The average molecular weight is 321 g/mol. The maximum atomic E-state index is 12.3. The van der Waals surface area contributed by atoms with Gasteiger partial charge in [0, 0.05) is 39.5 Å². The first kappa shape index (κ1) is 16.1. The summed E-state index contributed by atoms with van der Waals surface area (Å²) < 4.78 is 7.29. The molecule has 0 spiro atoms. The van der Waals surface area contributed by atoms with Crippen LogP contribution in [0.25, 0.3) is 0 Å². The second-order valence-electron chi connectivity index (χ2n) is 6.59. The highest BCUT2D eigenvalue weighted by Crippen LogP contribution is 2.21. The lowest BCUT2D eigenvalue weighted by Crippen LogP contribution is -2.52. The molecule has 1 saturated carbocycles. The van der Waals surface area contributed by atoms with Crippen LogP contribution in [0.1, 0.15) is 32.1 Å². The van der Waals surface area contributed by atoms with Gasteiger partial charge >= 0.3 is 6.03 Å². The van der Waals surface area contributed by atoms with Crippen LogP contribution in [0.15, 0.2) is 12.4 Å². The van der Waals surface area contributed by atoms with Gasteiger partial charge in [-0.1, -0.05) is 12.8 Å². The van der Waals surface area contributed by atoms with E-state index >= 15 is 0 Å². The van der Waals surface area contributed by atoms with Crippen LogP contribution >= 0.6 is 0 Å². The summed E-state index contributed by atoms with van der Waals surface area (Å²) in [5.41, 5.74) is 1.11. The topological polar surface area (TPSA) is 71.4 Å². The van der Waals surface area contributed by atoms with Gasteiger partial charge in [-0.2, -0.15) is 5.10 Å². The Morgan fingerprint density at radius 3 is 2.87 bits per heavy atom. The number of methoxy groups -OCH3 is 1. The van der Waals surface area contributed by atoms with Crippen molar-refractivity contribution in [1.82, 2.24) is 20.4 Å². The minimum Gasteiger partial charge on any atom is -0.379 e. The van der Waals surface area contributed by atoms with E-state index in [4.69, 9.17) is 4.74 Å². The van der Waals surface area contributed by atoms with Gasteiger partial charge in [-0.3, -0.25) is 4.68 Å². The minimum absolute atomic E-state index is 0.0722. The molecule has 0 unspecified atom stereocenters. The Morgan fingerprint density at radius 1 is 1.30 bits per heavy atom. The number of ether oxygens (including phenoxy) is 1. The van der Waals surface area contributed by atoms with Gasteiger partial charge in [0.25, 0.3) is 0 Å². The Hall–Kier alpha value is -1.76. The highest BCUT2D eigenvalue weighted by atomic mass is 16.5. The summed E-state index contributed by atoms with van der Waals surface area (Å²) in [5.74, 6) is 0. The van der Waals surface area contributed by atoms with Crippen LogP contribution in [0.2, 0.25) is 0 Å². The number of hydrogen-bond acceptors (Lipinski definition) is 4.